The summed E-state index contributed by atoms with van der Waals surface area (Å²) in [6.07, 6.45) is 1.59. The second-order valence-corrected chi connectivity index (χ2v) is 9.52. The van der Waals surface area contributed by atoms with Gasteiger partial charge in [-0.15, -0.1) is 0 Å². The number of anilines is 1. The molecule has 1 amide bonds. The van der Waals surface area contributed by atoms with E-state index >= 15 is 0 Å². The van der Waals surface area contributed by atoms with Crippen molar-refractivity contribution < 1.29 is 24.2 Å². The Labute approximate surface area is 211 Å². The van der Waals surface area contributed by atoms with Crippen molar-refractivity contribution in [3.8, 4) is 11.5 Å². The minimum Gasteiger partial charge on any atom is -0.507 e. The first-order valence-electron chi connectivity index (χ1n) is 11.8. The van der Waals surface area contributed by atoms with Crippen molar-refractivity contribution in [1.29, 1.82) is 0 Å². The monoisotopic (exact) mass is 486 g/mol. The van der Waals surface area contributed by atoms with E-state index in [-0.39, 0.29) is 16.7 Å². The van der Waals surface area contributed by atoms with Crippen LogP contribution >= 0.6 is 0 Å². The van der Waals surface area contributed by atoms with Gasteiger partial charge in [0.2, 0.25) is 0 Å². The number of benzene rings is 2. The third-order valence-electron chi connectivity index (χ3n) is 6.14. The van der Waals surface area contributed by atoms with Crippen LogP contribution in [0.1, 0.15) is 50.6 Å². The first kappa shape index (κ1) is 25.0. The van der Waals surface area contributed by atoms with Crippen molar-refractivity contribution in [2.75, 3.05) is 18.6 Å². The minimum absolute atomic E-state index is 0.0510. The third-order valence-corrected chi connectivity index (χ3v) is 6.14. The SMILES string of the molecule is CCOc1cccc(N2C(=O)C(=O)/C(=C(/O)c3cc(C(C)(C)C)ccc3OC)C2c2ccccn2)c1. The van der Waals surface area contributed by atoms with Gasteiger partial charge in [-0.1, -0.05) is 39.0 Å². The van der Waals surface area contributed by atoms with Crippen molar-refractivity contribution in [3.05, 3.63) is 89.3 Å². The quantitative estimate of drug-likeness (QED) is 0.285. The molecule has 1 N–H and O–H groups in total. The van der Waals surface area contributed by atoms with Crippen LogP contribution in [0.15, 0.2) is 72.4 Å². The second kappa shape index (κ2) is 9.85. The molecule has 1 saturated heterocycles. The Morgan fingerprint density at radius 1 is 1.06 bits per heavy atom. The maximum absolute atomic E-state index is 13.5. The Kier molecular flexibility index (Phi) is 6.84. The zero-order chi connectivity index (χ0) is 26.0. The fraction of sp³-hybridized carbons (Fsp3) is 0.276. The van der Waals surface area contributed by atoms with Crippen molar-refractivity contribution >= 4 is 23.1 Å². The molecule has 36 heavy (non-hydrogen) atoms. The van der Waals surface area contributed by atoms with E-state index in [1.807, 2.05) is 13.0 Å². The van der Waals surface area contributed by atoms with Gasteiger partial charge in [-0.05, 0) is 54.3 Å². The number of amides is 1. The lowest BCUT2D eigenvalue weighted by Gasteiger charge is -2.25. The number of hydrogen-bond acceptors (Lipinski definition) is 6. The average Bonchev–Trinajstić information content (AvgIpc) is 3.14. The van der Waals surface area contributed by atoms with Crippen LogP contribution in [0.4, 0.5) is 5.69 Å². The van der Waals surface area contributed by atoms with E-state index in [0.29, 0.717) is 35.1 Å². The molecular formula is C29H30N2O5. The van der Waals surface area contributed by atoms with E-state index in [1.54, 1.807) is 60.8 Å². The van der Waals surface area contributed by atoms with E-state index in [1.165, 1.54) is 12.0 Å². The predicted octanol–water partition coefficient (Wildman–Crippen LogP) is 5.41. The molecule has 2 heterocycles. The Balaban J connectivity index is 1.96. The van der Waals surface area contributed by atoms with E-state index in [2.05, 4.69) is 25.8 Å². The number of hydrogen-bond donors (Lipinski definition) is 1. The first-order valence-corrected chi connectivity index (χ1v) is 11.8. The summed E-state index contributed by atoms with van der Waals surface area (Å²) in [4.78, 5) is 32.7. The number of carbonyl (C=O) groups is 2. The summed E-state index contributed by atoms with van der Waals surface area (Å²) in [6.45, 7) is 8.48. The lowest BCUT2D eigenvalue weighted by molar-refractivity contribution is -0.132. The number of ether oxygens (including phenoxy) is 2. The van der Waals surface area contributed by atoms with Crippen LogP contribution in [0.3, 0.4) is 0 Å². The maximum Gasteiger partial charge on any atom is 0.300 e. The molecule has 1 aromatic heterocycles. The second-order valence-electron chi connectivity index (χ2n) is 9.52. The normalized spacial score (nSPS) is 17.4. The van der Waals surface area contributed by atoms with Crippen molar-refractivity contribution in [2.45, 2.75) is 39.2 Å². The predicted molar refractivity (Wildman–Crippen MR) is 138 cm³/mol. The average molecular weight is 487 g/mol. The third kappa shape index (κ3) is 4.56. The Morgan fingerprint density at radius 3 is 2.47 bits per heavy atom. The van der Waals surface area contributed by atoms with E-state index in [9.17, 15) is 14.7 Å². The number of aromatic nitrogens is 1. The molecule has 0 bridgehead atoms. The van der Waals surface area contributed by atoms with Gasteiger partial charge in [0.25, 0.3) is 11.7 Å². The Bertz CT molecular complexity index is 1320. The molecule has 2 aromatic carbocycles. The molecule has 7 heteroatoms. The largest absolute Gasteiger partial charge is 0.507 e. The molecule has 1 fully saturated rings. The molecule has 1 aliphatic heterocycles. The van der Waals surface area contributed by atoms with E-state index in [0.717, 1.165) is 5.56 Å². The molecule has 1 aliphatic rings. The smallest absolute Gasteiger partial charge is 0.300 e. The number of aliphatic hydroxyl groups is 1. The van der Waals surface area contributed by atoms with Gasteiger partial charge in [0.15, 0.2) is 0 Å². The number of nitrogens with zero attached hydrogens (tertiary/aromatic N) is 2. The van der Waals surface area contributed by atoms with Gasteiger partial charge in [-0.3, -0.25) is 19.5 Å². The first-order chi connectivity index (χ1) is 17.2. The van der Waals surface area contributed by atoms with E-state index < -0.39 is 17.7 Å². The van der Waals surface area contributed by atoms with Gasteiger partial charge in [-0.25, -0.2) is 0 Å². The number of Topliss-reactive ketones (excluding diaryl/α,β-unsaturated/α-hetero) is 1. The summed E-state index contributed by atoms with van der Waals surface area (Å²) in [5.74, 6) is -0.906. The summed E-state index contributed by atoms with van der Waals surface area (Å²) in [5, 5.41) is 11.6. The highest BCUT2D eigenvalue weighted by Crippen LogP contribution is 2.43. The highest BCUT2D eigenvalue weighted by Gasteiger charge is 2.48. The molecule has 0 spiro atoms. The van der Waals surface area contributed by atoms with Gasteiger partial charge in [0.05, 0.1) is 30.5 Å². The Morgan fingerprint density at radius 2 is 1.83 bits per heavy atom. The van der Waals surface area contributed by atoms with Gasteiger partial charge < -0.3 is 14.6 Å². The highest BCUT2D eigenvalue weighted by molar-refractivity contribution is 6.51. The zero-order valence-corrected chi connectivity index (χ0v) is 21.1. The standard InChI is InChI=1S/C29H30N2O5/c1-6-36-20-11-9-10-19(17-20)31-25(22-12-7-8-15-30-22)24(27(33)28(31)34)26(32)21-16-18(29(2,3)4)13-14-23(21)35-5/h7-17,25,32H,6H2,1-5H3/b26-24+. The minimum atomic E-state index is -0.939. The van der Waals surface area contributed by atoms with Crippen LogP contribution in [0, 0.1) is 0 Å². The fourth-order valence-electron chi connectivity index (χ4n) is 4.31. The van der Waals surface area contributed by atoms with Crippen LogP contribution in [0.25, 0.3) is 5.76 Å². The molecule has 0 radical (unpaired) electrons. The van der Waals surface area contributed by atoms with Crippen LogP contribution in [0.5, 0.6) is 11.5 Å². The van der Waals surface area contributed by atoms with E-state index in [4.69, 9.17) is 9.47 Å². The molecule has 4 rings (SSSR count). The number of ketones is 1. The molecule has 186 valence electrons. The lowest BCUT2D eigenvalue weighted by Crippen LogP contribution is -2.29. The lowest BCUT2D eigenvalue weighted by atomic mass is 9.85. The fourth-order valence-corrected chi connectivity index (χ4v) is 4.31. The molecule has 1 unspecified atom stereocenters. The maximum atomic E-state index is 13.5. The number of aliphatic hydroxyl groups excluding tert-OH is 1. The van der Waals surface area contributed by atoms with Crippen molar-refractivity contribution in [2.24, 2.45) is 0 Å². The van der Waals surface area contributed by atoms with Crippen LogP contribution in [0.2, 0.25) is 0 Å². The topological polar surface area (TPSA) is 89.0 Å². The zero-order valence-electron chi connectivity index (χ0n) is 21.1. The summed E-state index contributed by atoms with van der Waals surface area (Å²) in [5.41, 5.74) is 1.93. The number of carbonyl (C=O) groups excluding carboxylic acids is 2. The number of methoxy groups -OCH3 is 1. The van der Waals surface area contributed by atoms with Gasteiger partial charge in [0.1, 0.15) is 23.3 Å². The Hall–Kier alpha value is -4.13. The summed E-state index contributed by atoms with van der Waals surface area (Å²) >= 11 is 0. The summed E-state index contributed by atoms with van der Waals surface area (Å²) in [7, 11) is 1.50. The van der Waals surface area contributed by atoms with Crippen LogP contribution < -0.4 is 14.4 Å². The summed E-state index contributed by atoms with van der Waals surface area (Å²) < 4.78 is 11.1. The molecule has 0 aliphatic carbocycles. The molecule has 3 aromatic rings. The summed E-state index contributed by atoms with van der Waals surface area (Å²) in [6, 6.07) is 16.8. The van der Waals surface area contributed by atoms with Gasteiger partial charge in [0, 0.05) is 18.0 Å². The van der Waals surface area contributed by atoms with Crippen molar-refractivity contribution in [1.82, 2.24) is 4.98 Å². The number of rotatable bonds is 6. The molecule has 1 atom stereocenters. The van der Waals surface area contributed by atoms with Crippen LogP contribution in [-0.4, -0.2) is 35.5 Å². The van der Waals surface area contributed by atoms with Gasteiger partial charge in [-0.2, -0.15) is 0 Å². The molecule has 0 saturated carbocycles. The molecule has 7 nitrogen and oxygen atoms in total. The molecular weight excluding hydrogens is 456 g/mol. The van der Waals surface area contributed by atoms with Gasteiger partial charge >= 0.3 is 0 Å². The number of pyridine rings is 1. The highest BCUT2D eigenvalue weighted by atomic mass is 16.5. The van der Waals surface area contributed by atoms with Crippen molar-refractivity contribution in [3.63, 3.8) is 0 Å². The van der Waals surface area contributed by atoms with Crippen LogP contribution in [-0.2, 0) is 15.0 Å².